The van der Waals surface area contributed by atoms with Crippen LogP contribution in [0.1, 0.15) is 43.8 Å². The number of nitrogens with zero attached hydrogens (tertiary/aromatic N) is 2. The fraction of sp³-hybridized carbons (Fsp3) is 0.318. The molecule has 0 aliphatic carbocycles. The van der Waals surface area contributed by atoms with Crippen LogP contribution in [0.5, 0.6) is 5.75 Å². The number of imidazole rings is 1. The van der Waals surface area contributed by atoms with Crippen molar-refractivity contribution in [1.29, 1.82) is 0 Å². The lowest BCUT2D eigenvalue weighted by atomic mass is 10.1. The highest BCUT2D eigenvalue weighted by atomic mass is 35.5. The van der Waals surface area contributed by atoms with Crippen molar-refractivity contribution < 1.29 is 17.3 Å². The first-order valence-corrected chi connectivity index (χ1v) is 11.5. The Morgan fingerprint density at radius 3 is 2.43 bits per heavy atom. The quantitative estimate of drug-likeness (QED) is 0.422. The lowest BCUT2D eigenvalue weighted by Gasteiger charge is -2.13. The van der Waals surface area contributed by atoms with Crippen LogP contribution >= 0.6 is 11.6 Å². The molecule has 0 fully saturated rings. The fourth-order valence-corrected chi connectivity index (χ4v) is 4.76. The Morgan fingerprint density at radius 2 is 1.80 bits per heavy atom. The molecule has 0 aliphatic heterocycles. The second kappa shape index (κ2) is 9.64. The smallest absolute Gasteiger partial charge is 0.357 e. The average Bonchev–Trinajstić information content (AvgIpc) is 3.08. The van der Waals surface area contributed by atoms with Gasteiger partial charge in [0.05, 0.1) is 12.3 Å². The van der Waals surface area contributed by atoms with Crippen molar-refractivity contribution in [3.63, 3.8) is 0 Å². The molecule has 8 heteroatoms. The molecule has 2 aromatic carbocycles. The van der Waals surface area contributed by atoms with Gasteiger partial charge in [-0.25, -0.2) is 4.98 Å². The minimum atomic E-state index is -4.12. The van der Waals surface area contributed by atoms with Gasteiger partial charge in [0.1, 0.15) is 18.2 Å². The molecular weight excluding hydrogens is 424 g/mol. The molecule has 0 aliphatic rings. The molecule has 0 spiro atoms. The maximum absolute atomic E-state index is 13.2. The maximum Gasteiger partial charge on any atom is 0.357 e. The van der Waals surface area contributed by atoms with Crippen LogP contribution in [0.25, 0.3) is 0 Å². The topological polar surface area (TPSA) is 70.4 Å². The van der Waals surface area contributed by atoms with Gasteiger partial charge in [0, 0.05) is 17.6 Å². The van der Waals surface area contributed by atoms with E-state index >= 15 is 0 Å². The monoisotopic (exact) mass is 448 g/mol. The van der Waals surface area contributed by atoms with Gasteiger partial charge in [-0.15, -0.1) is 0 Å². The highest BCUT2D eigenvalue weighted by Crippen LogP contribution is 2.29. The molecule has 0 saturated carbocycles. The van der Waals surface area contributed by atoms with Gasteiger partial charge in [0.15, 0.2) is 5.03 Å². The number of halogens is 1. The van der Waals surface area contributed by atoms with Crippen molar-refractivity contribution in [3.8, 4) is 5.75 Å². The lowest BCUT2D eigenvalue weighted by molar-refractivity contribution is 0.0989. The molecule has 0 amide bonds. The van der Waals surface area contributed by atoms with Gasteiger partial charge in [0.2, 0.25) is 0 Å². The van der Waals surface area contributed by atoms with E-state index in [1.54, 1.807) is 22.8 Å². The van der Waals surface area contributed by atoms with E-state index in [-0.39, 0.29) is 23.3 Å². The third-order valence-corrected chi connectivity index (χ3v) is 6.02. The number of rotatable bonds is 9. The molecule has 0 atom stereocenters. The van der Waals surface area contributed by atoms with E-state index in [2.05, 4.69) is 4.98 Å². The van der Waals surface area contributed by atoms with E-state index in [1.807, 2.05) is 51.1 Å². The van der Waals surface area contributed by atoms with E-state index in [0.29, 0.717) is 29.7 Å². The first-order valence-electron chi connectivity index (χ1n) is 9.72. The molecule has 3 aromatic rings. The number of ether oxygens (including phenoxy) is 1. The standard InChI is InChI=1S/C22H25ClN2O4S/c1-4-25-20(15-28-14-17-9-6-5-7-10-17)24-21(16(2)3)22(25)30(26,27)29-19-12-8-11-18(23)13-19/h5-13,16H,4,14-15H2,1-3H3. The number of hydrogen-bond donors (Lipinski definition) is 0. The summed E-state index contributed by atoms with van der Waals surface area (Å²) in [6.45, 7) is 6.68. The molecule has 0 unspecified atom stereocenters. The number of benzene rings is 2. The van der Waals surface area contributed by atoms with Crippen molar-refractivity contribution in [3.05, 3.63) is 76.7 Å². The zero-order valence-electron chi connectivity index (χ0n) is 17.2. The summed E-state index contributed by atoms with van der Waals surface area (Å²) >= 11 is 5.96. The Hall–Kier alpha value is -2.35. The summed E-state index contributed by atoms with van der Waals surface area (Å²) in [5, 5.41) is 0.448. The second-order valence-electron chi connectivity index (χ2n) is 7.09. The van der Waals surface area contributed by atoms with Crippen molar-refractivity contribution in [2.75, 3.05) is 0 Å². The highest BCUT2D eigenvalue weighted by molar-refractivity contribution is 7.87. The lowest BCUT2D eigenvalue weighted by Crippen LogP contribution is -2.18. The first kappa shape index (κ1) is 22.3. The Balaban J connectivity index is 1.90. The predicted molar refractivity (Wildman–Crippen MR) is 116 cm³/mol. The summed E-state index contributed by atoms with van der Waals surface area (Å²) in [7, 11) is -4.12. The largest absolute Gasteiger partial charge is 0.378 e. The SMILES string of the molecule is CCn1c(COCc2ccccc2)nc(C(C)C)c1S(=O)(=O)Oc1cccc(Cl)c1. The van der Waals surface area contributed by atoms with Crippen LogP contribution in [0.15, 0.2) is 59.6 Å². The van der Waals surface area contributed by atoms with Crippen molar-refractivity contribution >= 4 is 21.7 Å². The predicted octanol–water partition coefficient (Wildman–Crippen LogP) is 5.16. The van der Waals surface area contributed by atoms with E-state index in [9.17, 15) is 8.42 Å². The molecule has 160 valence electrons. The Morgan fingerprint density at radius 1 is 1.07 bits per heavy atom. The molecule has 6 nitrogen and oxygen atoms in total. The second-order valence-corrected chi connectivity index (χ2v) is 8.99. The van der Waals surface area contributed by atoms with Crippen LogP contribution in [0.2, 0.25) is 5.02 Å². The molecular formula is C22H25ClN2O4S. The molecule has 0 saturated heterocycles. The Kier molecular flexibility index (Phi) is 7.18. The van der Waals surface area contributed by atoms with Crippen LogP contribution in [0.4, 0.5) is 0 Å². The van der Waals surface area contributed by atoms with Crippen molar-refractivity contribution in [1.82, 2.24) is 9.55 Å². The summed E-state index contributed by atoms with van der Waals surface area (Å²) in [5.41, 5.74) is 1.49. The summed E-state index contributed by atoms with van der Waals surface area (Å²) in [6, 6.07) is 16.1. The summed E-state index contributed by atoms with van der Waals surface area (Å²) < 4.78 is 39.1. The van der Waals surface area contributed by atoms with E-state index in [1.165, 1.54) is 6.07 Å². The maximum atomic E-state index is 13.2. The molecule has 0 bridgehead atoms. The van der Waals surface area contributed by atoms with Gasteiger partial charge in [0.25, 0.3) is 0 Å². The zero-order valence-corrected chi connectivity index (χ0v) is 18.8. The van der Waals surface area contributed by atoms with Gasteiger partial charge in [-0.2, -0.15) is 8.42 Å². The van der Waals surface area contributed by atoms with E-state index in [0.717, 1.165) is 5.56 Å². The van der Waals surface area contributed by atoms with Gasteiger partial charge >= 0.3 is 10.1 Å². The van der Waals surface area contributed by atoms with Gasteiger partial charge in [-0.3, -0.25) is 0 Å². The Bertz CT molecular complexity index is 1100. The first-order chi connectivity index (χ1) is 14.3. The minimum absolute atomic E-state index is 0.0540. The van der Waals surface area contributed by atoms with Crippen molar-refractivity contribution in [2.45, 2.75) is 51.5 Å². The van der Waals surface area contributed by atoms with Gasteiger partial charge < -0.3 is 13.5 Å². The summed E-state index contributed by atoms with van der Waals surface area (Å²) in [6.07, 6.45) is 0. The molecule has 1 aromatic heterocycles. The van der Waals surface area contributed by atoms with Crippen LogP contribution in [-0.2, 0) is 34.6 Å². The zero-order chi connectivity index (χ0) is 21.7. The van der Waals surface area contributed by atoms with Crippen LogP contribution in [0.3, 0.4) is 0 Å². The van der Waals surface area contributed by atoms with Crippen LogP contribution in [-0.4, -0.2) is 18.0 Å². The molecule has 30 heavy (non-hydrogen) atoms. The van der Waals surface area contributed by atoms with E-state index < -0.39 is 10.1 Å². The van der Waals surface area contributed by atoms with Crippen LogP contribution < -0.4 is 4.18 Å². The molecule has 0 N–H and O–H groups in total. The van der Waals surface area contributed by atoms with Crippen LogP contribution in [0, 0.1) is 0 Å². The molecule has 0 radical (unpaired) electrons. The third-order valence-electron chi connectivity index (χ3n) is 4.47. The molecule has 3 rings (SSSR count). The van der Waals surface area contributed by atoms with Gasteiger partial charge in [-0.05, 0) is 30.5 Å². The fourth-order valence-electron chi connectivity index (χ4n) is 3.10. The highest BCUT2D eigenvalue weighted by Gasteiger charge is 2.31. The number of aromatic nitrogens is 2. The van der Waals surface area contributed by atoms with E-state index in [4.69, 9.17) is 20.5 Å². The summed E-state index contributed by atoms with van der Waals surface area (Å²) in [5.74, 6) is 0.590. The number of hydrogen-bond acceptors (Lipinski definition) is 5. The molecule has 1 heterocycles. The average molecular weight is 449 g/mol. The normalized spacial score (nSPS) is 11.8. The van der Waals surface area contributed by atoms with Crippen molar-refractivity contribution in [2.24, 2.45) is 0 Å². The summed E-state index contributed by atoms with van der Waals surface area (Å²) in [4.78, 5) is 4.59. The minimum Gasteiger partial charge on any atom is -0.378 e. The Labute approximate surface area is 182 Å². The van der Waals surface area contributed by atoms with Gasteiger partial charge in [-0.1, -0.05) is 61.8 Å². The third kappa shape index (κ3) is 5.22.